The van der Waals surface area contributed by atoms with Gasteiger partial charge in [-0.15, -0.1) is 0 Å². The van der Waals surface area contributed by atoms with Crippen LogP contribution in [0.4, 0.5) is 0 Å². The summed E-state index contributed by atoms with van der Waals surface area (Å²) >= 11 is 0. The summed E-state index contributed by atoms with van der Waals surface area (Å²) in [6, 6.07) is 0. The Hall–Kier alpha value is -2.24. The van der Waals surface area contributed by atoms with Crippen molar-refractivity contribution in [2.45, 2.75) is 25.7 Å². The van der Waals surface area contributed by atoms with E-state index in [9.17, 15) is 9.59 Å². The molecular weight excluding hydrogens is 258 g/mol. The summed E-state index contributed by atoms with van der Waals surface area (Å²) in [4.78, 5) is 31.4. The highest BCUT2D eigenvalue weighted by atomic mass is 16.5. The standard InChI is InChI=1S/C14H17N3O3/c1-9-16-8-11(13(17-9)10-5-6-10)14(19)15-7-3-4-12(18)20-2/h3-4,8,10H,5-7H2,1-2H3,(H,15,19)/b4-3+. The van der Waals surface area contributed by atoms with Gasteiger partial charge in [-0.3, -0.25) is 4.79 Å². The van der Waals surface area contributed by atoms with E-state index in [2.05, 4.69) is 20.0 Å². The van der Waals surface area contributed by atoms with Gasteiger partial charge in [-0.25, -0.2) is 14.8 Å². The second-order valence-electron chi connectivity index (χ2n) is 4.63. The van der Waals surface area contributed by atoms with Crippen LogP contribution in [0.15, 0.2) is 18.3 Å². The molecule has 0 aliphatic heterocycles. The summed E-state index contributed by atoms with van der Waals surface area (Å²) in [7, 11) is 1.30. The third-order valence-electron chi connectivity index (χ3n) is 2.98. The molecule has 0 radical (unpaired) electrons. The molecule has 0 aromatic carbocycles. The lowest BCUT2D eigenvalue weighted by molar-refractivity contribution is -0.134. The van der Waals surface area contributed by atoms with Crippen molar-refractivity contribution in [3.63, 3.8) is 0 Å². The molecule has 1 saturated carbocycles. The van der Waals surface area contributed by atoms with Crippen molar-refractivity contribution >= 4 is 11.9 Å². The van der Waals surface area contributed by atoms with Crippen LogP contribution in [-0.2, 0) is 9.53 Å². The third kappa shape index (κ3) is 3.63. The number of aromatic nitrogens is 2. The first kappa shape index (κ1) is 14.2. The number of nitrogens with one attached hydrogen (secondary N) is 1. The lowest BCUT2D eigenvalue weighted by atomic mass is 10.1. The number of nitrogens with zero attached hydrogens (tertiary/aromatic N) is 2. The Kier molecular flexibility index (Phi) is 4.45. The third-order valence-corrected chi connectivity index (χ3v) is 2.98. The molecule has 0 unspecified atom stereocenters. The van der Waals surface area contributed by atoms with E-state index in [1.165, 1.54) is 19.3 Å². The first-order valence-corrected chi connectivity index (χ1v) is 6.48. The summed E-state index contributed by atoms with van der Waals surface area (Å²) in [5.74, 6) is 0.384. The lowest BCUT2D eigenvalue weighted by Crippen LogP contribution is -2.25. The number of esters is 1. The maximum Gasteiger partial charge on any atom is 0.330 e. The molecule has 1 aliphatic rings. The highest BCUT2D eigenvalue weighted by Gasteiger charge is 2.29. The van der Waals surface area contributed by atoms with E-state index in [0.29, 0.717) is 17.3 Å². The van der Waals surface area contributed by atoms with E-state index in [1.807, 2.05) is 6.92 Å². The van der Waals surface area contributed by atoms with Gasteiger partial charge in [0.2, 0.25) is 0 Å². The van der Waals surface area contributed by atoms with Crippen LogP contribution in [0.1, 0.15) is 40.6 Å². The average Bonchev–Trinajstić information content (AvgIpc) is 3.27. The Morgan fingerprint density at radius 3 is 2.90 bits per heavy atom. The Morgan fingerprint density at radius 2 is 2.25 bits per heavy atom. The number of hydrogen-bond acceptors (Lipinski definition) is 5. The predicted molar refractivity (Wildman–Crippen MR) is 72.2 cm³/mol. The Bertz CT molecular complexity index is 551. The lowest BCUT2D eigenvalue weighted by Gasteiger charge is -2.07. The maximum absolute atomic E-state index is 12.1. The molecule has 20 heavy (non-hydrogen) atoms. The molecule has 1 aromatic rings. The highest BCUT2D eigenvalue weighted by Crippen LogP contribution is 2.40. The zero-order valence-corrected chi connectivity index (χ0v) is 11.5. The maximum atomic E-state index is 12.1. The van der Waals surface area contributed by atoms with Crippen molar-refractivity contribution in [2.24, 2.45) is 0 Å². The minimum absolute atomic E-state index is 0.221. The summed E-state index contributed by atoms with van der Waals surface area (Å²) in [5.41, 5.74) is 1.34. The molecule has 1 heterocycles. The molecule has 106 valence electrons. The normalized spacial score (nSPS) is 14.3. The van der Waals surface area contributed by atoms with Gasteiger partial charge in [0.1, 0.15) is 5.82 Å². The number of aryl methyl sites for hydroxylation is 1. The molecule has 1 N–H and O–H groups in total. The molecule has 1 amide bonds. The second-order valence-corrected chi connectivity index (χ2v) is 4.63. The van der Waals surface area contributed by atoms with E-state index in [-0.39, 0.29) is 12.5 Å². The number of carbonyl (C=O) groups excluding carboxylic acids is 2. The molecule has 6 heteroatoms. The number of rotatable bonds is 5. The fraction of sp³-hybridized carbons (Fsp3) is 0.429. The first-order valence-electron chi connectivity index (χ1n) is 6.48. The predicted octanol–water partition coefficient (Wildman–Crippen LogP) is 1.12. The van der Waals surface area contributed by atoms with Crippen molar-refractivity contribution in [1.82, 2.24) is 15.3 Å². The van der Waals surface area contributed by atoms with Crippen LogP contribution in [-0.4, -0.2) is 35.5 Å². The van der Waals surface area contributed by atoms with Gasteiger partial charge < -0.3 is 10.1 Å². The van der Waals surface area contributed by atoms with E-state index >= 15 is 0 Å². The second kappa shape index (κ2) is 6.27. The topological polar surface area (TPSA) is 81.2 Å². The minimum atomic E-state index is -0.448. The number of methoxy groups -OCH3 is 1. The van der Waals surface area contributed by atoms with E-state index in [0.717, 1.165) is 18.5 Å². The van der Waals surface area contributed by atoms with Gasteiger partial charge in [0.25, 0.3) is 5.91 Å². The first-order chi connectivity index (χ1) is 9.61. The van der Waals surface area contributed by atoms with E-state index < -0.39 is 5.97 Å². The fourth-order valence-electron chi connectivity index (χ4n) is 1.80. The minimum Gasteiger partial charge on any atom is -0.466 e. The van der Waals surface area contributed by atoms with Gasteiger partial charge in [0.05, 0.1) is 18.4 Å². The zero-order valence-electron chi connectivity index (χ0n) is 11.5. The van der Waals surface area contributed by atoms with Crippen LogP contribution < -0.4 is 5.32 Å². The van der Waals surface area contributed by atoms with E-state index in [4.69, 9.17) is 0 Å². The molecule has 1 aliphatic carbocycles. The largest absolute Gasteiger partial charge is 0.466 e. The van der Waals surface area contributed by atoms with Crippen LogP contribution in [0.5, 0.6) is 0 Å². The van der Waals surface area contributed by atoms with Crippen molar-refractivity contribution in [2.75, 3.05) is 13.7 Å². The van der Waals surface area contributed by atoms with Crippen LogP contribution in [0, 0.1) is 6.92 Å². The van der Waals surface area contributed by atoms with Crippen molar-refractivity contribution < 1.29 is 14.3 Å². The van der Waals surface area contributed by atoms with E-state index in [1.54, 1.807) is 6.20 Å². The molecule has 1 aromatic heterocycles. The Labute approximate surface area is 117 Å². The van der Waals surface area contributed by atoms with Gasteiger partial charge >= 0.3 is 5.97 Å². The van der Waals surface area contributed by atoms with Gasteiger partial charge in [-0.1, -0.05) is 6.08 Å². The summed E-state index contributed by atoms with van der Waals surface area (Å²) in [5, 5.41) is 2.71. The molecule has 2 rings (SSSR count). The molecule has 0 spiro atoms. The number of carbonyl (C=O) groups is 2. The fourth-order valence-corrected chi connectivity index (χ4v) is 1.80. The van der Waals surface area contributed by atoms with Crippen molar-refractivity contribution in [3.05, 3.63) is 35.4 Å². The Balaban J connectivity index is 1.99. The SMILES string of the molecule is COC(=O)/C=C/CNC(=O)c1cnc(C)nc1C1CC1. The van der Waals surface area contributed by atoms with Crippen LogP contribution in [0.3, 0.4) is 0 Å². The smallest absolute Gasteiger partial charge is 0.330 e. The van der Waals surface area contributed by atoms with Gasteiger partial charge in [0.15, 0.2) is 0 Å². The van der Waals surface area contributed by atoms with Crippen LogP contribution in [0.2, 0.25) is 0 Å². The number of hydrogen-bond donors (Lipinski definition) is 1. The quantitative estimate of drug-likeness (QED) is 0.643. The van der Waals surface area contributed by atoms with Crippen LogP contribution >= 0.6 is 0 Å². The van der Waals surface area contributed by atoms with Crippen molar-refractivity contribution in [1.29, 1.82) is 0 Å². The van der Waals surface area contributed by atoms with Gasteiger partial charge in [-0.05, 0) is 19.8 Å². The monoisotopic (exact) mass is 275 g/mol. The molecule has 0 bridgehead atoms. The van der Waals surface area contributed by atoms with Crippen LogP contribution in [0.25, 0.3) is 0 Å². The average molecular weight is 275 g/mol. The number of ether oxygens (including phenoxy) is 1. The number of amides is 1. The molecule has 6 nitrogen and oxygen atoms in total. The summed E-state index contributed by atoms with van der Waals surface area (Å²) in [6.45, 7) is 2.07. The van der Waals surface area contributed by atoms with Gasteiger partial charge in [0, 0.05) is 24.7 Å². The summed E-state index contributed by atoms with van der Waals surface area (Å²) < 4.78 is 4.46. The molecule has 0 atom stereocenters. The van der Waals surface area contributed by atoms with Gasteiger partial charge in [-0.2, -0.15) is 0 Å². The highest BCUT2D eigenvalue weighted by molar-refractivity contribution is 5.95. The zero-order chi connectivity index (χ0) is 14.5. The summed E-state index contributed by atoms with van der Waals surface area (Å²) in [6.07, 6.45) is 6.51. The Morgan fingerprint density at radius 1 is 1.50 bits per heavy atom. The van der Waals surface area contributed by atoms with Crippen molar-refractivity contribution in [3.8, 4) is 0 Å². The molecular formula is C14H17N3O3. The molecule has 1 fully saturated rings. The molecule has 0 saturated heterocycles.